The van der Waals surface area contributed by atoms with Crippen molar-refractivity contribution in [3.8, 4) is 0 Å². The molecule has 1 amide bonds. The quantitative estimate of drug-likeness (QED) is 0.631. The van der Waals surface area contributed by atoms with Gasteiger partial charge in [-0.1, -0.05) is 48.8 Å². The predicted octanol–water partition coefficient (Wildman–Crippen LogP) is 4.59. The molecule has 0 aromatic heterocycles. The molecular formula is C19H28BrNO5Si. The summed E-state index contributed by atoms with van der Waals surface area (Å²) in [7, 11) is -2.15. The molecule has 1 saturated heterocycles. The lowest BCUT2D eigenvalue weighted by atomic mass is 9.88. The van der Waals surface area contributed by atoms with Crippen molar-refractivity contribution in [2.75, 3.05) is 6.54 Å². The van der Waals surface area contributed by atoms with Gasteiger partial charge in [0.25, 0.3) is 0 Å². The van der Waals surface area contributed by atoms with E-state index >= 15 is 0 Å². The van der Waals surface area contributed by atoms with E-state index in [1.54, 1.807) is 0 Å². The van der Waals surface area contributed by atoms with Crippen LogP contribution in [0.4, 0.5) is 4.79 Å². The van der Waals surface area contributed by atoms with Crippen LogP contribution in [0.2, 0.25) is 18.1 Å². The van der Waals surface area contributed by atoms with Crippen LogP contribution < -0.4 is 0 Å². The van der Waals surface area contributed by atoms with Gasteiger partial charge in [0.2, 0.25) is 0 Å². The van der Waals surface area contributed by atoms with Crippen LogP contribution >= 0.6 is 15.9 Å². The van der Waals surface area contributed by atoms with E-state index in [9.17, 15) is 19.8 Å². The lowest BCUT2D eigenvalue weighted by Crippen LogP contribution is -2.54. The molecule has 0 radical (unpaired) electrons. The number of benzene rings is 1. The zero-order valence-corrected chi connectivity index (χ0v) is 19.0. The van der Waals surface area contributed by atoms with E-state index in [-0.39, 0.29) is 24.4 Å². The maximum atomic E-state index is 12.3. The molecule has 1 aliphatic heterocycles. The second-order valence-corrected chi connectivity index (χ2v) is 14.4. The molecule has 27 heavy (non-hydrogen) atoms. The first-order chi connectivity index (χ1) is 12.3. The summed E-state index contributed by atoms with van der Waals surface area (Å²) >= 11 is 3.36. The van der Waals surface area contributed by atoms with Gasteiger partial charge in [-0.2, -0.15) is 0 Å². The van der Waals surface area contributed by atoms with Crippen molar-refractivity contribution in [1.29, 1.82) is 0 Å². The molecule has 2 N–H and O–H groups in total. The van der Waals surface area contributed by atoms with Gasteiger partial charge in [0.05, 0.1) is 12.6 Å². The fraction of sp³-hybridized carbons (Fsp3) is 0.579. The molecule has 0 spiro atoms. The maximum Gasteiger partial charge on any atom is 0.408 e. The van der Waals surface area contributed by atoms with E-state index in [1.807, 2.05) is 24.3 Å². The average molecular weight is 458 g/mol. The van der Waals surface area contributed by atoms with Crippen LogP contribution in [0.1, 0.15) is 32.8 Å². The molecular weight excluding hydrogens is 430 g/mol. The number of halogens is 1. The summed E-state index contributed by atoms with van der Waals surface area (Å²) in [6.07, 6.45) is -1.39. The number of aliphatic carboxylic acids is 1. The number of nitrogens with zero attached hydrogens (tertiary/aromatic N) is 1. The van der Waals surface area contributed by atoms with Gasteiger partial charge in [-0.15, -0.1) is 0 Å². The highest BCUT2D eigenvalue weighted by atomic mass is 79.9. The number of carbonyl (C=O) groups is 2. The van der Waals surface area contributed by atoms with E-state index in [4.69, 9.17) is 4.43 Å². The van der Waals surface area contributed by atoms with Crippen LogP contribution in [-0.4, -0.2) is 53.7 Å². The minimum atomic E-state index is -2.15. The third-order valence-electron chi connectivity index (χ3n) is 5.77. The molecule has 1 aromatic rings. The van der Waals surface area contributed by atoms with Crippen molar-refractivity contribution >= 4 is 36.3 Å². The summed E-state index contributed by atoms with van der Waals surface area (Å²) in [4.78, 5) is 25.2. The van der Waals surface area contributed by atoms with Crippen LogP contribution in [0.15, 0.2) is 28.7 Å². The molecule has 1 fully saturated rings. The lowest BCUT2D eigenvalue weighted by molar-refractivity contribution is -0.148. The van der Waals surface area contributed by atoms with Gasteiger partial charge in [-0.3, -0.25) is 4.90 Å². The molecule has 0 saturated carbocycles. The second kappa shape index (κ2) is 7.56. The van der Waals surface area contributed by atoms with E-state index in [2.05, 4.69) is 49.8 Å². The largest absolute Gasteiger partial charge is 0.479 e. The Balaban J connectivity index is 2.35. The maximum absolute atomic E-state index is 12.3. The molecule has 0 unspecified atom stereocenters. The summed E-state index contributed by atoms with van der Waals surface area (Å²) in [6, 6.07) is 7.29. The van der Waals surface area contributed by atoms with E-state index in [0.29, 0.717) is 0 Å². The first-order valence-electron chi connectivity index (χ1n) is 8.95. The lowest BCUT2D eigenvalue weighted by Gasteiger charge is -2.38. The average Bonchev–Trinajstić information content (AvgIpc) is 2.87. The molecule has 1 aliphatic rings. The Kier molecular flexibility index (Phi) is 6.14. The van der Waals surface area contributed by atoms with Gasteiger partial charge >= 0.3 is 12.1 Å². The normalized spacial score (nSPS) is 23.5. The number of hydrogen-bond acceptors (Lipinski definition) is 3. The Morgan fingerprint density at radius 1 is 1.26 bits per heavy atom. The standard InChI is InChI=1S/C19H28BrNO5Si/c1-18(2,3)27(4,5)26-15-11-19(16(22)23,21(12-15)17(24)25)10-13-6-8-14(20)9-7-13/h6-9,15H,10-12H2,1-5H3,(H,22,23)(H,24,25)/t15-,19-/m1/s1. The van der Waals surface area contributed by atoms with Gasteiger partial charge in [0.15, 0.2) is 8.32 Å². The Hall–Kier alpha value is -1.38. The number of amides is 1. The highest BCUT2D eigenvalue weighted by Gasteiger charge is 2.55. The molecule has 1 heterocycles. The van der Waals surface area contributed by atoms with Crippen molar-refractivity contribution < 1.29 is 24.2 Å². The first-order valence-corrected chi connectivity index (χ1v) is 12.6. The first kappa shape index (κ1) is 21.9. The Labute approximate surface area is 169 Å². The van der Waals surface area contributed by atoms with Crippen molar-refractivity contribution in [2.45, 2.75) is 63.4 Å². The third-order valence-corrected chi connectivity index (χ3v) is 10.8. The van der Waals surface area contributed by atoms with Crippen LogP contribution in [0.25, 0.3) is 0 Å². The minimum absolute atomic E-state index is 0.0404. The van der Waals surface area contributed by atoms with E-state index < -0.39 is 32.0 Å². The predicted molar refractivity (Wildman–Crippen MR) is 110 cm³/mol. The Morgan fingerprint density at radius 2 is 1.81 bits per heavy atom. The Morgan fingerprint density at radius 3 is 2.26 bits per heavy atom. The summed E-state index contributed by atoms with van der Waals surface area (Å²) in [6.45, 7) is 10.6. The molecule has 0 bridgehead atoms. The topological polar surface area (TPSA) is 87.1 Å². The second-order valence-electron chi connectivity index (χ2n) is 8.74. The number of carboxylic acids is 1. The van der Waals surface area contributed by atoms with Crippen LogP contribution in [0.5, 0.6) is 0 Å². The molecule has 2 atom stereocenters. The fourth-order valence-corrected chi connectivity index (χ4v) is 4.86. The zero-order chi connectivity index (χ0) is 20.6. The van der Waals surface area contributed by atoms with Gasteiger partial charge in [-0.25, -0.2) is 9.59 Å². The molecule has 6 nitrogen and oxygen atoms in total. The minimum Gasteiger partial charge on any atom is -0.479 e. The van der Waals surface area contributed by atoms with Gasteiger partial charge in [-0.05, 0) is 35.8 Å². The smallest absolute Gasteiger partial charge is 0.408 e. The van der Waals surface area contributed by atoms with Crippen molar-refractivity contribution in [2.24, 2.45) is 0 Å². The summed E-state index contributed by atoms with van der Waals surface area (Å²) in [5.74, 6) is -1.13. The summed E-state index contributed by atoms with van der Waals surface area (Å²) < 4.78 is 7.25. The number of carboxylic acid groups (broad SMARTS) is 2. The third kappa shape index (κ3) is 4.55. The van der Waals surface area contributed by atoms with Gasteiger partial charge in [0.1, 0.15) is 5.54 Å². The molecule has 150 valence electrons. The highest BCUT2D eigenvalue weighted by molar-refractivity contribution is 9.10. The monoisotopic (exact) mass is 457 g/mol. The molecule has 0 aliphatic carbocycles. The molecule has 2 rings (SSSR count). The molecule has 1 aromatic carbocycles. The van der Waals surface area contributed by atoms with E-state index in [0.717, 1.165) is 14.9 Å². The highest BCUT2D eigenvalue weighted by Crippen LogP contribution is 2.41. The van der Waals surface area contributed by atoms with Crippen LogP contribution in [0.3, 0.4) is 0 Å². The zero-order valence-electron chi connectivity index (χ0n) is 16.5. The summed E-state index contributed by atoms with van der Waals surface area (Å²) in [5, 5.41) is 19.7. The fourth-order valence-electron chi connectivity index (χ4n) is 3.25. The van der Waals surface area contributed by atoms with Gasteiger partial charge < -0.3 is 14.6 Å². The van der Waals surface area contributed by atoms with Crippen molar-refractivity contribution in [1.82, 2.24) is 4.90 Å². The van der Waals surface area contributed by atoms with Crippen molar-refractivity contribution in [3.63, 3.8) is 0 Å². The van der Waals surface area contributed by atoms with Crippen LogP contribution in [0, 0.1) is 0 Å². The SMILES string of the molecule is CC(C)(C)[Si](C)(C)O[C@H]1CN(C(=O)O)[C@@](Cc2ccc(Br)cc2)(C(=O)O)C1. The number of likely N-dealkylation sites (tertiary alicyclic amines) is 1. The number of hydrogen-bond donors (Lipinski definition) is 2. The molecule has 8 heteroatoms. The van der Waals surface area contributed by atoms with Crippen molar-refractivity contribution in [3.05, 3.63) is 34.3 Å². The van der Waals surface area contributed by atoms with Crippen LogP contribution in [-0.2, 0) is 15.6 Å². The van der Waals surface area contributed by atoms with Gasteiger partial charge in [0, 0.05) is 17.3 Å². The number of rotatable bonds is 5. The Bertz CT molecular complexity index is 716. The summed E-state index contributed by atoms with van der Waals surface area (Å²) in [5.41, 5.74) is -0.744. The van der Waals surface area contributed by atoms with E-state index in [1.165, 1.54) is 0 Å².